The highest BCUT2D eigenvalue weighted by Crippen LogP contribution is 2.32. The number of imidazole rings is 1. The van der Waals surface area contributed by atoms with Crippen LogP contribution in [0.4, 0.5) is 0 Å². The van der Waals surface area contributed by atoms with Crippen molar-refractivity contribution in [3.63, 3.8) is 0 Å². The van der Waals surface area contributed by atoms with Crippen molar-refractivity contribution >= 4 is 45.1 Å². The average Bonchev–Trinajstić information content (AvgIpc) is 3.20. The number of hydrogen-bond donors (Lipinski definition) is 0. The summed E-state index contributed by atoms with van der Waals surface area (Å²) >= 11 is 6.50. The Hall–Kier alpha value is -3.31. The van der Waals surface area contributed by atoms with Gasteiger partial charge in [0.15, 0.2) is 5.65 Å². The van der Waals surface area contributed by atoms with Crippen molar-refractivity contribution in [2.45, 2.75) is 12.1 Å². The van der Waals surface area contributed by atoms with Crippen LogP contribution in [0.5, 0.6) is 5.75 Å². The van der Waals surface area contributed by atoms with E-state index < -0.39 is 16.4 Å². The molecule has 0 saturated heterocycles. The fourth-order valence-electron chi connectivity index (χ4n) is 3.40. The molecular weight excluding hydrogens is 456 g/mol. The molecule has 3 aromatic heterocycles. The lowest BCUT2D eigenvalue weighted by molar-refractivity contribution is 0.0822. The van der Waals surface area contributed by atoms with E-state index in [1.165, 1.54) is 39.6 Å². The first-order chi connectivity index (χ1) is 15.1. The minimum Gasteiger partial charge on any atom is -0.496 e. The SMILES string of the molecule is COc1ccc(Cl)c(-n2c(=O)c3cnc(S(C)=O)nc3n3cc(C(=O)N(C)C)nc23)c1C. The fraction of sp³-hybridized carbons (Fsp3) is 0.250. The minimum absolute atomic E-state index is 0.0562. The lowest BCUT2D eigenvalue weighted by Gasteiger charge is -2.16. The molecular formula is C20H19ClN6O4S. The number of hydrogen-bond acceptors (Lipinski definition) is 7. The number of aromatic nitrogens is 5. The quantitative estimate of drug-likeness (QED) is 0.415. The normalized spacial score (nSPS) is 12.3. The molecule has 12 heteroatoms. The van der Waals surface area contributed by atoms with E-state index in [1.807, 2.05) is 0 Å². The first-order valence-corrected chi connectivity index (χ1v) is 11.3. The number of carbonyl (C=O) groups is 1. The molecule has 4 aromatic rings. The van der Waals surface area contributed by atoms with Crippen LogP contribution < -0.4 is 10.3 Å². The molecule has 1 unspecified atom stereocenters. The van der Waals surface area contributed by atoms with Gasteiger partial charge in [-0.25, -0.2) is 19.5 Å². The molecule has 32 heavy (non-hydrogen) atoms. The van der Waals surface area contributed by atoms with Crippen molar-refractivity contribution in [1.29, 1.82) is 0 Å². The van der Waals surface area contributed by atoms with E-state index in [0.29, 0.717) is 22.0 Å². The number of rotatable bonds is 4. The largest absolute Gasteiger partial charge is 0.496 e. The summed E-state index contributed by atoms with van der Waals surface area (Å²) in [5, 5.41) is 0.495. The molecule has 0 aliphatic carbocycles. The number of amides is 1. The lowest BCUT2D eigenvalue weighted by Crippen LogP contribution is -2.24. The Morgan fingerprint density at radius 2 is 1.97 bits per heavy atom. The first-order valence-electron chi connectivity index (χ1n) is 9.35. The summed E-state index contributed by atoms with van der Waals surface area (Å²) in [5.74, 6) is 0.291. The summed E-state index contributed by atoms with van der Waals surface area (Å²) in [7, 11) is 3.24. The molecule has 10 nitrogen and oxygen atoms in total. The highest BCUT2D eigenvalue weighted by atomic mass is 35.5. The van der Waals surface area contributed by atoms with Crippen molar-refractivity contribution in [2.75, 3.05) is 27.5 Å². The monoisotopic (exact) mass is 474 g/mol. The molecule has 0 fully saturated rings. The second-order valence-corrected chi connectivity index (χ2v) is 8.88. The van der Waals surface area contributed by atoms with Gasteiger partial charge in [-0.1, -0.05) is 11.6 Å². The smallest absolute Gasteiger partial charge is 0.273 e. The fourth-order valence-corrected chi connectivity index (χ4v) is 4.11. The van der Waals surface area contributed by atoms with Crippen LogP contribution in [0.3, 0.4) is 0 Å². The molecule has 3 heterocycles. The van der Waals surface area contributed by atoms with Gasteiger partial charge in [0.2, 0.25) is 10.9 Å². The molecule has 0 aliphatic rings. The zero-order valence-electron chi connectivity index (χ0n) is 17.9. The maximum absolute atomic E-state index is 13.6. The van der Waals surface area contributed by atoms with Crippen LogP contribution in [0.15, 0.2) is 34.5 Å². The van der Waals surface area contributed by atoms with Crippen molar-refractivity contribution in [3.8, 4) is 11.4 Å². The summed E-state index contributed by atoms with van der Waals surface area (Å²) in [6, 6.07) is 3.31. The Labute approximate surface area is 189 Å². The Bertz CT molecular complexity index is 1490. The predicted octanol–water partition coefficient (Wildman–Crippen LogP) is 1.84. The number of halogens is 1. The molecule has 0 aliphatic heterocycles. The van der Waals surface area contributed by atoms with Crippen LogP contribution in [-0.4, -0.2) is 66.4 Å². The van der Waals surface area contributed by atoms with E-state index in [2.05, 4.69) is 15.0 Å². The highest BCUT2D eigenvalue weighted by molar-refractivity contribution is 7.84. The molecule has 166 valence electrons. The summed E-state index contributed by atoms with van der Waals surface area (Å²) in [4.78, 5) is 40.4. The Morgan fingerprint density at radius 1 is 1.25 bits per heavy atom. The number of benzene rings is 1. The third-order valence-electron chi connectivity index (χ3n) is 4.95. The van der Waals surface area contributed by atoms with Crippen LogP contribution in [-0.2, 0) is 10.8 Å². The van der Waals surface area contributed by atoms with E-state index in [0.717, 1.165) is 0 Å². The Kier molecular flexibility index (Phi) is 5.47. The van der Waals surface area contributed by atoms with E-state index in [9.17, 15) is 13.8 Å². The zero-order valence-corrected chi connectivity index (χ0v) is 19.5. The second kappa shape index (κ2) is 7.99. The molecule has 0 saturated carbocycles. The Morgan fingerprint density at radius 3 is 2.59 bits per heavy atom. The summed E-state index contributed by atoms with van der Waals surface area (Å²) in [6.07, 6.45) is 4.23. The topological polar surface area (TPSA) is 112 Å². The van der Waals surface area contributed by atoms with Crippen molar-refractivity contribution in [3.05, 3.63) is 51.2 Å². The van der Waals surface area contributed by atoms with E-state index in [-0.39, 0.29) is 33.6 Å². The van der Waals surface area contributed by atoms with Crippen LogP contribution in [0, 0.1) is 6.92 Å². The molecule has 1 amide bonds. The number of fused-ring (bicyclic) bond motifs is 3. The molecule has 0 spiro atoms. The third-order valence-corrected chi connectivity index (χ3v) is 5.97. The maximum Gasteiger partial charge on any atom is 0.273 e. The van der Waals surface area contributed by atoms with E-state index in [1.54, 1.807) is 33.2 Å². The molecule has 1 atom stereocenters. The van der Waals surface area contributed by atoms with Gasteiger partial charge in [0.1, 0.15) is 16.8 Å². The van der Waals surface area contributed by atoms with Crippen molar-refractivity contribution < 1.29 is 13.7 Å². The van der Waals surface area contributed by atoms with Crippen LogP contribution in [0.2, 0.25) is 5.02 Å². The molecule has 0 N–H and O–H groups in total. The molecule has 0 bridgehead atoms. The van der Waals surface area contributed by atoms with Crippen LogP contribution in [0.1, 0.15) is 16.1 Å². The van der Waals surface area contributed by atoms with Gasteiger partial charge < -0.3 is 9.64 Å². The number of carbonyl (C=O) groups excluding carboxylic acids is 1. The molecule has 1 aromatic carbocycles. The number of ether oxygens (including phenoxy) is 1. The van der Waals surface area contributed by atoms with Gasteiger partial charge in [0.05, 0.1) is 28.6 Å². The van der Waals surface area contributed by atoms with Crippen molar-refractivity contribution in [1.82, 2.24) is 28.8 Å². The number of nitrogens with zero attached hydrogens (tertiary/aromatic N) is 6. The van der Waals surface area contributed by atoms with Crippen LogP contribution in [0.25, 0.3) is 22.5 Å². The molecule has 4 rings (SSSR count). The Balaban J connectivity index is 2.22. The van der Waals surface area contributed by atoms with E-state index >= 15 is 0 Å². The van der Waals surface area contributed by atoms with E-state index in [4.69, 9.17) is 16.3 Å². The number of methoxy groups -OCH3 is 1. The van der Waals surface area contributed by atoms with Gasteiger partial charge in [0, 0.05) is 38.3 Å². The standard InChI is InChI=1S/C20H19ClN6O4S/c1-10-14(31-4)7-6-12(21)15(10)27-17(28)11-8-22-19(32(5)30)24-16(11)26-9-13(23-20(26)27)18(29)25(2)3/h6-9H,1-5H3. The minimum atomic E-state index is -1.47. The van der Waals surface area contributed by atoms with Gasteiger partial charge in [0.25, 0.3) is 11.5 Å². The lowest BCUT2D eigenvalue weighted by atomic mass is 10.1. The summed E-state index contributed by atoms with van der Waals surface area (Å²) in [5.41, 5.74) is 0.765. The highest BCUT2D eigenvalue weighted by Gasteiger charge is 2.23. The van der Waals surface area contributed by atoms with Crippen LogP contribution >= 0.6 is 11.6 Å². The zero-order chi connectivity index (χ0) is 23.3. The molecule has 0 radical (unpaired) electrons. The van der Waals surface area contributed by atoms with Gasteiger partial charge in [-0.3, -0.25) is 18.2 Å². The first kappa shape index (κ1) is 21.9. The average molecular weight is 475 g/mol. The second-order valence-electron chi connectivity index (χ2n) is 7.20. The third kappa shape index (κ3) is 3.33. The summed E-state index contributed by atoms with van der Waals surface area (Å²) < 4.78 is 20.2. The van der Waals surface area contributed by atoms with Gasteiger partial charge in [-0.2, -0.15) is 0 Å². The summed E-state index contributed by atoms with van der Waals surface area (Å²) in [6.45, 7) is 1.77. The van der Waals surface area contributed by atoms with Gasteiger partial charge >= 0.3 is 0 Å². The maximum atomic E-state index is 13.6. The van der Waals surface area contributed by atoms with Crippen molar-refractivity contribution in [2.24, 2.45) is 0 Å². The van der Waals surface area contributed by atoms with Gasteiger partial charge in [-0.05, 0) is 19.1 Å². The predicted molar refractivity (Wildman–Crippen MR) is 121 cm³/mol. The van der Waals surface area contributed by atoms with Gasteiger partial charge in [-0.15, -0.1) is 0 Å².